The fourth-order valence-corrected chi connectivity index (χ4v) is 4.32. The van der Waals surface area contributed by atoms with Crippen LogP contribution in [0.25, 0.3) is 21.9 Å². The fraction of sp³-hybridized carbons (Fsp3) is 0.375. The van der Waals surface area contributed by atoms with E-state index in [2.05, 4.69) is 25.9 Å². The minimum Gasteiger partial charge on any atom is -0.474 e. The first-order chi connectivity index (χ1) is 16.1. The smallest absolute Gasteiger partial charge is 0.412 e. The number of anilines is 2. The number of carbonyl (C=O) groups excluding carboxylic acids is 1. The van der Waals surface area contributed by atoms with Crippen LogP contribution in [0.2, 0.25) is 0 Å². The number of pyridine rings is 2. The lowest BCUT2D eigenvalue weighted by molar-refractivity contribution is 0.141. The van der Waals surface area contributed by atoms with Gasteiger partial charge in [-0.2, -0.15) is 0 Å². The maximum absolute atomic E-state index is 15.0. The van der Waals surface area contributed by atoms with E-state index in [9.17, 15) is 4.79 Å². The summed E-state index contributed by atoms with van der Waals surface area (Å²) in [6.45, 7) is 4.40. The molecule has 0 spiro atoms. The molecule has 2 aromatic heterocycles. The molecule has 3 N–H and O–H groups in total. The molecule has 1 aromatic carbocycles. The summed E-state index contributed by atoms with van der Waals surface area (Å²) in [4.78, 5) is 20.8. The average Bonchev–Trinajstić information content (AvgIpc) is 2.84. The Balaban J connectivity index is 1.37. The molecule has 1 amide bonds. The minimum atomic E-state index is -0.558. The van der Waals surface area contributed by atoms with Crippen molar-refractivity contribution in [1.82, 2.24) is 15.3 Å². The molecule has 5 rings (SSSR count). The summed E-state index contributed by atoms with van der Waals surface area (Å²) in [5.41, 5.74) is 2.75. The number of nitrogens with zero attached hydrogens (tertiary/aromatic N) is 2. The Kier molecular flexibility index (Phi) is 5.95. The largest absolute Gasteiger partial charge is 0.474 e. The average molecular weight is 452 g/mol. The number of benzene rings is 1. The van der Waals surface area contributed by atoms with Crippen LogP contribution in [-0.4, -0.2) is 48.4 Å². The molecule has 0 radical (unpaired) electrons. The molecule has 0 unspecified atom stereocenters. The van der Waals surface area contributed by atoms with E-state index < -0.39 is 6.09 Å². The van der Waals surface area contributed by atoms with Crippen LogP contribution in [0.3, 0.4) is 0 Å². The highest BCUT2D eigenvalue weighted by Crippen LogP contribution is 2.37. The van der Waals surface area contributed by atoms with Gasteiger partial charge in [-0.05, 0) is 55.5 Å². The highest BCUT2D eigenvalue weighted by atomic mass is 19.1. The normalized spacial score (nSPS) is 17.6. The number of hydrogen-bond acceptors (Lipinski definition) is 7. The molecular formula is C24H26FN5O3. The molecule has 172 valence electrons. The van der Waals surface area contributed by atoms with Crippen molar-refractivity contribution in [3.63, 3.8) is 0 Å². The first-order valence-electron chi connectivity index (χ1n) is 11.2. The highest BCUT2D eigenvalue weighted by Gasteiger charge is 2.20. The second kappa shape index (κ2) is 9.19. The Hall–Kier alpha value is -3.46. The molecule has 0 bridgehead atoms. The summed E-state index contributed by atoms with van der Waals surface area (Å²) in [5, 5.41) is 10.7. The molecule has 0 aliphatic carbocycles. The van der Waals surface area contributed by atoms with Crippen LogP contribution in [0.15, 0.2) is 30.6 Å². The van der Waals surface area contributed by atoms with Gasteiger partial charge < -0.3 is 20.1 Å². The molecule has 1 saturated heterocycles. The van der Waals surface area contributed by atoms with E-state index in [1.54, 1.807) is 18.3 Å². The van der Waals surface area contributed by atoms with E-state index in [1.165, 1.54) is 12.3 Å². The van der Waals surface area contributed by atoms with Gasteiger partial charge in [-0.25, -0.2) is 19.2 Å². The van der Waals surface area contributed by atoms with E-state index in [0.717, 1.165) is 42.4 Å². The number of carbonyl (C=O) groups is 1. The zero-order chi connectivity index (χ0) is 22.8. The number of amides is 1. The first kappa shape index (κ1) is 21.4. The zero-order valence-corrected chi connectivity index (χ0v) is 18.4. The molecule has 2 aliphatic rings. The molecule has 1 fully saturated rings. The zero-order valence-electron chi connectivity index (χ0n) is 18.4. The van der Waals surface area contributed by atoms with Crippen molar-refractivity contribution in [2.24, 2.45) is 0 Å². The van der Waals surface area contributed by atoms with E-state index >= 15 is 4.39 Å². The highest BCUT2D eigenvalue weighted by molar-refractivity contribution is 5.92. The third-order valence-corrected chi connectivity index (χ3v) is 6.10. The van der Waals surface area contributed by atoms with Gasteiger partial charge in [-0.1, -0.05) is 6.42 Å². The van der Waals surface area contributed by atoms with E-state index in [4.69, 9.17) is 9.47 Å². The molecule has 8 nitrogen and oxygen atoms in total. The van der Waals surface area contributed by atoms with Gasteiger partial charge in [0.1, 0.15) is 30.5 Å². The second-order valence-electron chi connectivity index (χ2n) is 8.37. The van der Waals surface area contributed by atoms with Crippen LogP contribution >= 0.6 is 0 Å². The predicted octanol–water partition coefficient (Wildman–Crippen LogP) is 4.24. The number of aromatic nitrogens is 2. The molecule has 1 atom stereocenters. The third kappa shape index (κ3) is 4.54. The SMILES string of the molecule is Cc1c(-c2cc3cc(NC(=O)OC[C@@H]4CCCCN4)ncc3cc2F)cnc2c1NCCO2. The maximum atomic E-state index is 15.0. The molecule has 3 aromatic rings. The van der Waals surface area contributed by atoms with Gasteiger partial charge in [-0.15, -0.1) is 0 Å². The Morgan fingerprint density at radius 2 is 2.09 bits per heavy atom. The summed E-state index contributed by atoms with van der Waals surface area (Å²) in [6, 6.07) is 5.08. The molecule has 9 heteroatoms. The van der Waals surface area contributed by atoms with Gasteiger partial charge >= 0.3 is 6.09 Å². The van der Waals surface area contributed by atoms with Gasteiger partial charge in [0.15, 0.2) is 0 Å². The lowest BCUT2D eigenvalue weighted by Crippen LogP contribution is -2.38. The number of fused-ring (bicyclic) bond motifs is 2. The van der Waals surface area contributed by atoms with Gasteiger partial charge in [0.05, 0.1) is 0 Å². The lowest BCUT2D eigenvalue weighted by Gasteiger charge is -2.22. The number of nitrogens with one attached hydrogen (secondary N) is 3. The van der Waals surface area contributed by atoms with Gasteiger partial charge in [0.25, 0.3) is 0 Å². The van der Waals surface area contributed by atoms with Gasteiger partial charge in [-0.3, -0.25) is 5.32 Å². The Morgan fingerprint density at radius 3 is 2.94 bits per heavy atom. The van der Waals surface area contributed by atoms with Crippen LogP contribution in [0.1, 0.15) is 24.8 Å². The Morgan fingerprint density at radius 1 is 1.18 bits per heavy atom. The van der Waals surface area contributed by atoms with Gasteiger partial charge in [0.2, 0.25) is 5.88 Å². The van der Waals surface area contributed by atoms with Crippen molar-refractivity contribution in [2.75, 3.05) is 36.9 Å². The molecule has 4 heterocycles. The summed E-state index contributed by atoms with van der Waals surface area (Å²) >= 11 is 0. The standard InChI is InChI=1S/C24H26FN5O3/c1-14-19(12-29-23-22(14)27-6-7-32-23)18-8-15-10-21(28-11-16(15)9-20(18)25)30-24(31)33-13-17-4-2-3-5-26-17/h8-12,17,26-27H,2-7,13H2,1H3,(H,28,30,31)/t17-/m0/s1. The quantitative estimate of drug-likeness (QED) is 0.546. The van der Waals surface area contributed by atoms with Crippen LogP contribution < -0.4 is 20.7 Å². The van der Waals surface area contributed by atoms with E-state index in [1.807, 2.05) is 6.92 Å². The number of halogens is 1. The van der Waals surface area contributed by atoms with Crippen molar-refractivity contribution in [3.05, 3.63) is 42.0 Å². The topological polar surface area (TPSA) is 97.4 Å². The van der Waals surface area contributed by atoms with E-state index in [-0.39, 0.29) is 11.9 Å². The van der Waals surface area contributed by atoms with Crippen LogP contribution in [0.5, 0.6) is 5.88 Å². The van der Waals surface area contributed by atoms with Crippen molar-refractivity contribution in [3.8, 4) is 17.0 Å². The van der Waals surface area contributed by atoms with Crippen molar-refractivity contribution >= 4 is 28.4 Å². The molecular weight excluding hydrogens is 425 g/mol. The lowest BCUT2D eigenvalue weighted by atomic mass is 9.98. The Bertz CT molecular complexity index is 1200. The number of hydrogen-bond donors (Lipinski definition) is 3. The monoisotopic (exact) mass is 451 g/mol. The number of rotatable bonds is 4. The minimum absolute atomic E-state index is 0.188. The molecule has 2 aliphatic heterocycles. The van der Waals surface area contributed by atoms with Crippen molar-refractivity contribution < 1.29 is 18.7 Å². The van der Waals surface area contributed by atoms with Crippen LogP contribution in [0.4, 0.5) is 20.7 Å². The molecule has 0 saturated carbocycles. The van der Waals surface area contributed by atoms with E-state index in [0.29, 0.717) is 48.0 Å². The second-order valence-corrected chi connectivity index (χ2v) is 8.37. The summed E-state index contributed by atoms with van der Waals surface area (Å²) in [5.74, 6) is 0.504. The number of piperidine rings is 1. The maximum Gasteiger partial charge on any atom is 0.412 e. The fourth-order valence-electron chi connectivity index (χ4n) is 4.32. The summed E-state index contributed by atoms with van der Waals surface area (Å²) < 4.78 is 25.9. The predicted molar refractivity (Wildman–Crippen MR) is 124 cm³/mol. The summed E-state index contributed by atoms with van der Waals surface area (Å²) in [6.07, 6.45) is 5.88. The molecule has 33 heavy (non-hydrogen) atoms. The van der Waals surface area contributed by atoms with Crippen LogP contribution in [0, 0.1) is 12.7 Å². The first-order valence-corrected chi connectivity index (χ1v) is 11.2. The van der Waals surface area contributed by atoms with Crippen LogP contribution in [-0.2, 0) is 4.74 Å². The third-order valence-electron chi connectivity index (χ3n) is 6.10. The van der Waals surface area contributed by atoms with Gasteiger partial charge in [0, 0.05) is 41.5 Å². The Labute approximate surface area is 190 Å². The number of ether oxygens (including phenoxy) is 2. The van der Waals surface area contributed by atoms with Crippen molar-refractivity contribution in [2.45, 2.75) is 32.2 Å². The van der Waals surface area contributed by atoms with Crippen molar-refractivity contribution in [1.29, 1.82) is 0 Å². The summed E-state index contributed by atoms with van der Waals surface area (Å²) in [7, 11) is 0.